The maximum absolute atomic E-state index is 12.6. The molecule has 0 N–H and O–H groups in total. The first-order valence-corrected chi connectivity index (χ1v) is 3.11. The zero-order valence-electron chi connectivity index (χ0n) is 6.17. The van der Waals surface area contributed by atoms with Gasteiger partial charge in [-0.1, -0.05) is 6.92 Å². The molecule has 0 bridgehead atoms. The summed E-state index contributed by atoms with van der Waals surface area (Å²) in [5.41, 5.74) is -2.81. The van der Waals surface area contributed by atoms with Crippen molar-refractivity contribution in [3.63, 3.8) is 0 Å². The number of rotatable bonds is 2. The fourth-order valence-corrected chi connectivity index (χ4v) is 0.520. The second-order valence-electron chi connectivity index (χ2n) is 2.54. The van der Waals surface area contributed by atoms with Crippen molar-refractivity contribution in [2.24, 2.45) is 0 Å². The zero-order chi connectivity index (χ0) is 9.28. The summed E-state index contributed by atoms with van der Waals surface area (Å²) in [5, 5.41) is 0. The van der Waals surface area contributed by atoms with Crippen LogP contribution in [-0.2, 0) is 0 Å². The summed E-state index contributed by atoms with van der Waals surface area (Å²) < 4.78 is 59.4. The van der Waals surface area contributed by atoms with Gasteiger partial charge in [-0.3, -0.25) is 0 Å². The van der Waals surface area contributed by atoms with E-state index in [9.17, 15) is 22.0 Å². The highest BCUT2D eigenvalue weighted by Crippen LogP contribution is 2.35. The third-order valence-electron chi connectivity index (χ3n) is 1.51. The largest absolute Gasteiger partial charge is 0.422 e. The quantitative estimate of drug-likeness (QED) is 0.567. The minimum atomic E-state index is -5.10. The molecule has 0 aromatic rings. The fourth-order valence-electron chi connectivity index (χ4n) is 0.520. The van der Waals surface area contributed by atoms with E-state index in [-0.39, 0.29) is 0 Å². The molecule has 0 aromatic heterocycles. The summed E-state index contributed by atoms with van der Waals surface area (Å²) in [5.74, 6) is 0. The summed E-state index contributed by atoms with van der Waals surface area (Å²) in [7, 11) is 0. The number of hydrogen-bond donors (Lipinski definition) is 0. The summed E-state index contributed by atoms with van der Waals surface area (Å²) in [4.78, 5) is 0. The molecule has 0 saturated carbocycles. The summed E-state index contributed by atoms with van der Waals surface area (Å²) >= 11 is 0. The Bertz CT molecular complexity index is 125. The van der Waals surface area contributed by atoms with E-state index >= 15 is 0 Å². The predicted molar refractivity (Wildman–Crippen MR) is 30.8 cm³/mol. The Morgan fingerprint density at radius 1 is 1.18 bits per heavy atom. The van der Waals surface area contributed by atoms with Crippen LogP contribution in [0.4, 0.5) is 22.0 Å². The molecular weight excluding hydrogens is 167 g/mol. The van der Waals surface area contributed by atoms with E-state index < -0.39 is 24.4 Å². The average molecular weight is 176 g/mol. The Kier molecular flexibility index (Phi) is 2.85. The van der Waals surface area contributed by atoms with E-state index in [1.165, 1.54) is 6.92 Å². The van der Waals surface area contributed by atoms with E-state index in [1.54, 1.807) is 0 Å². The highest BCUT2D eigenvalue weighted by atomic mass is 19.4. The number of halogens is 5. The summed E-state index contributed by atoms with van der Waals surface area (Å²) in [6.45, 7) is 1.77. The maximum Gasteiger partial charge on any atom is 0.422 e. The SMILES string of the molecule is CCC(C)(F)[C@@H](F)C(F)(F)F. The molecule has 0 rings (SSSR count). The van der Waals surface area contributed by atoms with Gasteiger partial charge < -0.3 is 0 Å². The first-order chi connectivity index (χ1) is 4.72. The van der Waals surface area contributed by atoms with Gasteiger partial charge in [0.05, 0.1) is 0 Å². The lowest BCUT2D eigenvalue weighted by molar-refractivity contribution is -0.213. The normalized spacial score (nSPS) is 21.0. The van der Waals surface area contributed by atoms with Gasteiger partial charge in [0.2, 0.25) is 6.17 Å². The molecule has 0 aromatic carbocycles. The van der Waals surface area contributed by atoms with Crippen LogP contribution >= 0.6 is 0 Å². The minimum Gasteiger partial charge on any atom is -0.241 e. The second kappa shape index (κ2) is 2.95. The van der Waals surface area contributed by atoms with Crippen molar-refractivity contribution in [1.82, 2.24) is 0 Å². The monoisotopic (exact) mass is 176 g/mol. The van der Waals surface area contributed by atoms with Crippen LogP contribution in [0.1, 0.15) is 20.3 Å². The topological polar surface area (TPSA) is 0 Å². The molecule has 68 valence electrons. The number of alkyl halides is 5. The van der Waals surface area contributed by atoms with Gasteiger partial charge in [-0.25, -0.2) is 8.78 Å². The van der Waals surface area contributed by atoms with Crippen molar-refractivity contribution in [2.45, 2.75) is 38.3 Å². The lowest BCUT2D eigenvalue weighted by atomic mass is 9.99. The van der Waals surface area contributed by atoms with E-state index in [0.29, 0.717) is 6.92 Å². The Labute approximate surface area is 61.4 Å². The molecule has 0 fully saturated rings. The van der Waals surface area contributed by atoms with Crippen LogP contribution in [0, 0.1) is 0 Å². The molecule has 0 aliphatic carbocycles. The molecule has 0 spiro atoms. The van der Waals surface area contributed by atoms with Crippen LogP contribution in [0.5, 0.6) is 0 Å². The van der Waals surface area contributed by atoms with Gasteiger partial charge in [-0.05, 0) is 13.3 Å². The summed E-state index contributed by atoms with van der Waals surface area (Å²) in [6, 6.07) is 0. The maximum atomic E-state index is 12.6. The van der Waals surface area contributed by atoms with Gasteiger partial charge in [0.25, 0.3) is 0 Å². The van der Waals surface area contributed by atoms with E-state index in [1.807, 2.05) is 0 Å². The second-order valence-corrected chi connectivity index (χ2v) is 2.54. The molecule has 2 atom stereocenters. The molecular formula is C6H9F5. The van der Waals surface area contributed by atoms with Gasteiger partial charge in [-0.2, -0.15) is 13.2 Å². The highest BCUT2D eigenvalue weighted by Gasteiger charge is 2.51. The molecule has 0 saturated heterocycles. The Balaban J connectivity index is 4.35. The van der Waals surface area contributed by atoms with Crippen molar-refractivity contribution >= 4 is 0 Å². The van der Waals surface area contributed by atoms with Crippen molar-refractivity contribution in [1.29, 1.82) is 0 Å². The van der Waals surface area contributed by atoms with Gasteiger partial charge in [0, 0.05) is 0 Å². The third-order valence-corrected chi connectivity index (χ3v) is 1.51. The first kappa shape index (κ1) is 10.7. The molecule has 0 aliphatic heterocycles. The molecule has 5 heteroatoms. The smallest absolute Gasteiger partial charge is 0.241 e. The van der Waals surface area contributed by atoms with Crippen molar-refractivity contribution in [3.05, 3.63) is 0 Å². The third kappa shape index (κ3) is 2.63. The fraction of sp³-hybridized carbons (Fsp3) is 1.00. The van der Waals surface area contributed by atoms with E-state index in [2.05, 4.69) is 0 Å². The van der Waals surface area contributed by atoms with Crippen LogP contribution in [0.15, 0.2) is 0 Å². The first-order valence-electron chi connectivity index (χ1n) is 3.11. The molecule has 0 nitrogen and oxygen atoms in total. The van der Waals surface area contributed by atoms with Crippen LogP contribution in [0.25, 0.3) is 0 Å². The van der Waals surface area contributed by atoms with Crippen LogP contribution in [0.2, 0.25) is 0 Å². The standard InChI is InChI=1S/C6H9F5/c1-3-5(2,8)4(7)6(9,10)11/h4H,3H2,1-2H3/t4-,5?/m1/s1. The van der Waals surface area contributed by atoms with Crippen molar-refractivity contribution in [2.75, 3.05) is 0 Å². The van der Waals surface area contributed by atoms with E-state index in [4.69, 9.17) is 0 Å². The van der Waals surface area contributed by atoms with Gasteiger partial charge in [-0.15, -0.1) is 0 Å². The molecule has 0 aliphatic rings. The molecule has 0 amide bonds. The Morgan fingerprint density at radius 3 is 1.64 bits per heavy atom. The molecule has 1 unspecified atom stereocenters. The van der Waals surface area contributed by atoms with Crippen molar-refractivity contribution < 1.29 is 22.0 Å². The van der Waals surface area contributed by atoms with Gasteiger partial charge in [0.1, 0.15) is 5.67 Å². The van der Waals surface area contributed by atoms with Crippen LogP contribution in [-0.4, -0.2) is 18.0 Å². The molecule has 11 heavy (non-hydrogen) atoms. The molecule has 0 radical (unpaired) electrons. The highest BCUT2D eigenvalue weighted by molar-refractivity contribution is 4.86. The molecule has 0 heterocycles. The van der Waals surface area contributed by atoms with Crippen molar-refractivity contribution in [3.8, 4) is 0 Å². The predicted octanol–water partition coefficient (Wildman–Crippen LogP) is 3.03. The minimum absolute atomic E-state index is 0.492. The van der Waals surface area contributed by atoms with Gasteiger partial charge >= 0.3 is 6.18 Å². The van der Waals surface area contributed by atoms with Crippen LogP contribution in [0.3, 0.4) is 0 Å². The Hall–Kier alpha value is -0.350. The average Bonchev–Trinajstić information content (AvgIpc) is 1.84. The van der Waals surface area contributed by atoms with Crippen LogP contribution < -0.4 is 0 Å². The van der Waals surface area contributed by atoms with E-state index in [0.717, 1.165) is 0 Å². The lowest BCUT2D eigenvalue weighted by Crippen LogP contribution is -2.42. The zero-order valence-corrected chi connectivity index (χ0v) is 6.17. The van der Waals surface area contributed by atoms with Gasteiger partial charge in [0.15, 0.2) is 0 Å². The number of hydrogen-bond acceptors (Lipinski definition) is 0. The lowest BCUT2D eigenvalue weighted by Gasteiger charge is -2.24. The summed E-state index contributed by atoms with van der Waals surface area (Å²) in [6.07, 6.45) is -8.98. The Morgan fingerprint density at radius 2 is 1.55 bits per heavy atom.